The van der Waals surface area contributed by atoms with E-state index in [2.05, 4.69) is 5.32 Å². The zero-order chi connectivity index (χ0) is 23.0. The summed E-state index contributed by atoms with van der Waals surface area (Å²) in [6, 6.07) is 9.19. The van der Waals surface area contributed by atoms with Crippen LogP contribution in [0, 0.1) is 11.6 Å². The highest BCUT2D eigenvalue weighted by molar-refractivity contribution is 6.09. The van der Waals surface area contributed by atoms with Crippen LogP contribution in [0.1, 0.15) is 30.9 Å². The van der Waals surface area contributed by atoms with Gasteiger partial charge in [-0.1, -0.05) is 12.1 Å². The molecule has 1 aliphatic carbocycles. The first-order valence-corrected chi connectivity index (χ1v) is 10.2. The van der Waals surface area contributed by atoms with Gasteiger partial charge in [-0.3, -0.25) is 14.5 Å². The van der Waals surface area contributed by atoms with E-state index in [0.29, 0.717) is 12.3 Å². The van der Waals surface area contributed by atoms with Gasteiger partial charge in [0.2, 0.25) is 5.91 Å². The van der Waals surface area contributed by atoms with Crippen LogP contribution in [-0.4, -0.2) is 47.3 Å². The summed E-state index contributed by atoms with van der Waals surface area (Å²) in [5.41, 5.74) is -1.21. The second kappa shape index (κ2) is 8.22. The molecule has 2 aromatic rings. The minimum absolute atomic E-state index is 0.0393. The number of carbonyl (C=O) groups is 3. The smallest absolute Gasteiger partial charge is 0.325 e. The van der Waals surface area contributed by atoms with Crippen molar-refractivity contribution >= 4 is 17.8 Å². The van der Waals surface area contributed by atoms with Crippen molar-refractivity contribution in [1.82, 2.24) is 15.1 Å². The Kier molecular flexibility index (Phi) is 5.58. The molecule has 0 spiro atoms. The van der Waals surface area contributed by atoms with Crippen LogP contribution in [0.3, 0.4) is 0 Å². The van der Waals surface area contributed by atoms with Gasteiger partial charge in [0.05, 0.1) is 7.11 Å². The van der Waals surface area contributed by atoms with Gasteiger partial charge in [-0.15, -0.1) is 0 Å². The number of halogens is 2. The van der Waals surface area contributed by atoms with Crippen LogP contribution in [0.5, 0.6) is 5.75 Å². The molecule has 2 fully saturated rings. The monoisotopic (exact) mass is 443 g/mol. The number of hydrogen-bond acceptors (Lipinski definition) is 4. The van der Waals surface area contributed by atoms with Crippen molar-refractivity contribution < 1.29 is 27.9 Å². The van der Waals surface area contributed by atoms with Crippen LogP contribution in [-0.2, 0) is 21.7 Å². The Morgan fingerprint density at radius 1 is 1.19 bits per heavy atom. The van der Waals surface area contributed by atoms with E-state index in [1.807, 2.05) is 12.1 Å². The minimum Gasteiger partial charge on any atom is -0.497 e. The molecule has 0 radical (unpaired) electrons. The Labute approximate surface area is 183 Å². The van der Waals surface area contributed by atoms with E-state index in [0.717, 1.165) is 41.5 Å². The summed E-state index contributed by atoms with van der Waals surface area (Å²) >= 11 is 0. The van der Waals surface area contributed by atoms with Crippen molar-refractivity contribution in [2.45, 2.75) is 37.9 Å². The number of nitrogens with one attached hydrogen (secondary N) is 1. The van der Waals surface area contributed by atoms with E-state index in [1.54, 1.807) is 24.1 Å². The van der Waals surface area contributed by atoms with Crippen molar-refractivity contribution in [1.29, 1.82) is 0 Å². The number of rotatable bonds is 7. The summed E-state index contributed by atoms with van der Waals surface area (Å²) < 4.78 is 33.2. The zero-order valence-corrected chi connectivity index (χ0v) is 17.7. The topological polar surface area (TPSA) is 79.0 Å². The van der Waals surface area contributed by atoms with E-state index in [1.165, 1.54) is 6.92 Å². The lowest BCUT2D eigenvalue weighted by molar-refractivity contribution is -0.139. The summed E-state index contributed by atoms with van der Waals surface area (Å²) in [5, 5.41) is 2.41. The Morgan fingerprint density at radius 3 is 2.50 bits per heavy atom. The maximum atomic E-state index is 14.3. The molecule has 9 heteroatoms. The highest BCUT2D eigenvalue weighted by Crippen LogP contribution is 2.33. The van der Waals surface area contributed by atoms with Crippen LogP contribution < -0.4 is 10.1 Å². The number of nitrogens with zero attached hydrogens (tertiary/aromatic N) is 2. The first-order chi connectivity index (χ1) is 15.2. The molecule has 1 aliphatic heterocycles. The van der Waals surface area contributed by atoms with E-state index in [-0.39, 0.29) is 11.6 Å². The molecule has 1 saturated carbocycles. The van der Waals surface area contributed by atoms with Crippen molar-refractivity contribution in [3.8, 4) is 5.75 Å². The molecule has 1 N–H and O–H groups in total. The van der Waals surface area contributed by atoms with Crippen LogP contribution in [0.15, 0.2) is 42.5 Å². The molecule has 2 aromatic carbocycles. The quantitative estimate of drug-likeness (QED) is 0.668. The molecule has 4 amide bonds. The molecule has 2 aliphatic rings. The summed E-state index contributed by atoms with van der Waals surface area (Å²) in [7, 11) is 1.57. The first-order valence-electron chi connectivity index (χ1n) is 10.2. The number of urea groups is 1. The zero-order valence-electron chi connectivity index (χ0n) is 17.7. The highest BCUT2D eigenvalue weighted by atomic mass is 19.1. The Morgan fingerprint density at radius 2 is 1.88 bits per heavy atom. The van der Waals surface area contributed by atoms with E-state index < -0.39 is 41.6 Å². The van der Waals surface area contributed by atoms with Gasteiger partial charge in [0, 0.05) is 18.2 Å². The van der Waals surface area contributed by atoms with Crippen molar-refractivity contribution in [2.75, 3.05) is 13.7 Å². The number of methoxy groups -OCH3 is 1. The molecule has 1 saturated heterocycles. The molecular formula is C23H23F2N3O4. The van der Waals surface area contributed by atoms with Crippen LogP contribution in [0.4, 0.5) is 13.6 Å². The predicted octanol–water partition coefficient (Wildman–Crippen LogP) is 2.93. The van der Waals surface area contributed by atoms with Crippen LogP contribution in [0.2, 0.25) is 0 Å². The third-order valence-electron chi connectivity index (χ3n) is 5.86. The molecular weight excluding hydrogens is 420 g/mol. The highest BCUT2D eigenvalue weighted by Gasteiger charge is 2.51. The number of carbonyl (C=O) groups excluding carboxylic acids is 3. The third kappa shape index (κ3) is 4.02. The second-order valence-electron chi connectivity index (χ2n) is 8.17. The van der Waals surface area contributed by atoms with Gasteiger partial charge in [0.25, 0.3) is 5.91 Å². The molecule has 168 valence electrons. The van der Waals surface area contributed by atoms with Crippen LogP contribution in [0.25, 0.3) is 0 Å². The lowest BCUT2D eigenvalue weighted by Crippen LogP contribution is -2.45. The lowest BCUT2D eigenvalue weighted by Gasteiger charge is -2.26. The predicted molar refractivity (Wildman–Crippen MR) is 111 cm³/mol. The van der Waals surface area contributed by atoms with Gasteiger partial charge in [0.1, 0.15) is 29.5 Å². The molecule has 0 bridgehead atoms. The van der Waals surface area contributed by atoms with Crippen molar-refractivity contribution in [3.63, 3.8) is 0 Å². The Balaban J connectivity index is 1.51. The maximum absolute atomic E-state index is 14.3. The fraction of sp³-hybridized carbons (Fsp3) is 0.348. The average Bonchev–Trinajstić information content (AvgIpc) is 3.59. The van der Waals surface area contributed by atoms with Crippen molar-refractivity contribution in [3.05, 3.63) is 65.2 Å². The molecule has 1 heterocycles. The van der Waals surface area contributed by atoms with Gasteiger partial charge in [0.15, 0.2) is 0 Å². The SMILES string of the molecule is COc1ccc(CN(C(=O)CN2C(=O)N[C@@](C)(c3cc(F)ccc3F)C2=O)C2CC2)cc1. The Hall–Kier alpha value is -3.49. The van der Waals surface area contributed by atoms with E-state index in [4.69, 9.17) is 4.74 Å². The fourth-order valence-corrected chi connectivity index (χ4v) is 3.86. The molecule has 32 heavy (non-hydrogen) atoms. The number of hydrogen-bond donors (Lipinski definition) is 1. The number of ether oxygens (including phenoxy) is 1. The van der Waals surface area contributed by atoms with Gasteiger partial charge in [-0.05, 0) is 55.7 Å². The van der Waals surface area contributed by atoms with E-state index in [9.17, 15) is 23.2 Å². The standard InChI is InChI=1S/C23H23F2N3O4/c1-23(18-11-15(24)5-10-19(18)25)21(30)28(22(31)26-23)13-20(29)27(16-6-7-16)12-14-3-8-17(32-2)9-4-14/h3-5,8-11,16H,6-7,12-13H2,1-2H3,(H,26,31)/t23-/m0/s1. The second-order valence-corrected chi connectivity index (χ2v) is 8.17. The molecule has 0 aromatic heterocycles. The normalized spacial score (nSPS) is 20.3. The van der Waals surface area contributed by atoms with Gasteiger partial charge < -0.3 is 15.0 Å². The fourth-order valence-electron chi connectivity index (χ4n) is 3.86. The molecule has 0 unspecified atom stereocenters. The summed E-state index contributed by atoms with van der Waals surface area (Å²) in [6.07, 6.45) is 1.68. The molecule has 4 rings (SSSR count). The lowest BCUT2D eigenvalue weighted by atomic mass is 9.91. The average molecular weight is 443 g/mol. The van der Waals surface area contributed by atoms with Gasteiger partial charge in [-0.2, -0.15) is 0 Å². The van der Waals surface area contributed by atoms with Crippen LogP contribution >= 0.6 is 0 Å². The first kappa shape index (κ1) is 21.7. The van der Waals surface area contributed by atoms with Crippen molar-refractivity contribution in [2.24, 2.45) is 0 Å². The van der Waals surface area contributed by atoms with E-state index >= 15 is 0 Å². The third-order valence-corrected chi connectivity index (χ3v) is 5.86. The number of benzene rings is 2. The van der Waals surface area contributed by atoms with Gasteiger partial charge >= 0.3 is 6.03 Å². The molecule has 1 atom stereocenters. The summed E-state index contributed by atoms with van der Waals surface area (Å²) in [6.45, 7) is 1.14. The summed E-state index contributed by atoms with van der Waals surface area (Å²) in [5.74, 6) is -2.06. The number of amides is 4. The van der Waals surface area contributed by atoms with Gasteiger partial charge in [-0.25, -0.2) is 13.6 Å². The summed E-state index contributed by atoms with van der Waals surface area (Å²) in [4.78, 5) is 41.0. The minimum atomic E-state index is -1.80. The largest absolute Gasteiger partial charge is 0.497 e. The number of imide groups is 1. The maximum Gasteiger partial charge on any atom is 0.325 e. The molecule has 7 nitrogen and oxygen atoms in total. The Bertz CT molecular complexity index is 1070.